The van der Waals surface area contributed by atoms with Gasteiger partial charge in [-0.3, -0.25) is 4.79 Å². The maximum atomic E-state index is 10.9. The number of hydrogen-bond donors (Lipinski definition) is 2. The van der Waals surface area contributed by atoms with Crippen LogP contribution in [0.5, 0.6) is 0 Å². The first-order valence-electron chi connectivity index (χ1n) is 7.61. The molecular formula is C17H20ClNO4. The van der Waals surface area contributed by atoms with Crippen LogP contribution in [-0.4, -0.2) is 29.1 Å². The average molecular weight is 338 g/mol. The van der Waals surface area contributed by atoms with Gasteiger partial charge in [0, 0.05) is 17.1 Å². The van der Waals surface area contributed by atoms with Crippen molar-refractivity contribution in [2.75, 3.05) is 7.11 Å². The minimum absolute atomic E-state index is 0.0142. The molecule has 1 heterocycles. The number of esters is 1. The van der Waals surface area contributed by atoms with Crippen LogP contribution in [0.4, 0.5) is 0 Å². The Kier molecular flexibility index (Phi) is 6.04. The second-order valence-corrected chi connectivity index (χ2v) is 5.91. The van der Waals surface area contributed by atoms with Crippen LogP contribution in [0.1, 0.15) is 42.5 Å². The third kappa shape index (κ3) is 4.26. The molecule has 1 saturated carbocycles. The van der Waals surface area contributed by atoms with Crippen molar-refractivity contribution >= 4 is 34.4 Å². The Balaban J connectivity index is 0.000000174. The van der Waals surface area contributed by atoms with E-state index in [1.165, 1.54) is 32.4 Å². The highest BCUT2D eigenvalue weighted by molar-refractivity contribution is 6.38. The fourth-order valence-corrected chi connectivity index (χ4v) is 3.08. The molecule has 0 bridgehead atoms. The predicted octanol–water partition coefficient (Wildman–Crippen LogP) is 4.26. The molecule has 3 rings (SSSR count). The van der Waals surface area contributed by atoms with Crippen molar-refractivity contribution in [1.82, 2.24) is 4.98 Å². The zero-order valence-electron chi connectivity index (χ0n) is 13.0. The summed E-state index contributed by atoms with van der Waals surface area (Å²) < 4.78 is 4.65. The molecule has 124 valence electrons. The Morgan fingerprint density at radius 2 is 1.91 bits per heavy atom. The largest absolute Gasteiger partial charge is 0.478 e. The maximum absolute atomic E-state index is 10.9. The lowest BCUT2D eigenvalue weighted by Gasteiger charge is -2.18. The fourth-order valence-electron chi connectivity index (χ4n) is 2.77. The van der Waals surface area contributed by atoms with Gasteiger partial charge in [0.2, 0.25) is 0 Å². The molecule has 2 N–H and O–H groups in total. The van der Waals surface area contributed by atoms with Crippen molar-refractivity contribution in [1.29, 1.82) is 0 Å². The number of H-pyrrole nitrogens is 1. The summed E-state index contributed by atoms with van der Waals surface area (Å²) in [6.07, 6.45) is 7.47. The summed E-state index contributed by atoms with van der Waals surface area (Å²) in [5.74, 6) is -0.813. The lowest BCUT2D eigenvalue weighted by molar-refractivity contribution is -0.146. The molecule has 0 amide bonds. The summed E-state index contributed by atoms with van der Waals surface area (Å²) >= 11 is 5.88. The van der Waals surface area contributed by atoms with Gasteiger partial charge in [-0.1, -0.05) is 30.9 Å². The van der Waals surface area contributed by atoms with Gasteiger partial charge in [0.1, 0.15) is 0 Å². The summed E-state index contributed by atoms with van der Waals surface area (Å²) in [6.45, 7) is 0. The predicted molar refractivity (Wildman–Crippen MR) is 88.9 cm³/mol. The summed E-state index contributed by atoms with van der Waals surface area (Å²) in [5.41, 5.74) is 0.976. The first-order valence-corrected chi connectivity index (χ1v) is 7.99. The van der Waals surface area contributed by atoms with E-state index < -0.39 is 5.97 Å². The van der Waals surface area contributed by atoms with Crippen LogP contribution >= 0.6 is 11.6 Å². The van der Waals surface area contributed by atoms with Crippen molar-refractivity contribution in [3.63, 3.8) is 0 Å². The smallest absolute Gasteiger partial charge is 0.337 e. The summed E-state index contributed by atoms with van der Waals surface area (Å²) in [6, 6.07) is 4.94. The number of aromatic carboxylic acids is 1. The summed E-state index contributed by atoms with van der Waals surface area (Å²) in [7, 11) is 1.47. The third-order valence-electron chi connectivity index (χ3n) is 4.04. The third-order valence-corrected chi connectivity index (χ3v) is 4.45. The molecule has 0 saturated heterocycles. The Hall–Kier alpha value is -2.01. The van der Waals surface area contributed by atoms with Crippen molar-refractivity contribution in [2.45, 2.75) is 32.1 Å². The molecule has 0 spiro atoms. The molecule has 0 radical (unpaired) electrons. The molecule has 23 heavy (non-hydrogen) atoms. The van der Waals surface area contributed by atoms with Crippen LogP contribution < -0.4 is 0 Å². The number of hydrogen-bond acceptors (Lipinski definition) is 3. The van der Waals surface area contributed by atoms with Gasteiger partial charge >= 0.3 is 11.9 Å². The number of methoxy groups -OCH3 is 1. The van der Waals surface area contributed by atoms with Gasteiger partial charge in [-0.05, 0) is 31.0 Å². The number of nitrogens with one attached hydrogen (secondary N) is 1. The zero-order chi connectivity index (χ0) is 16.8. The van der Waals surface area contributed by atoms with Gasteiger partial charge in [0.25, 0.3) is 0 Å². The number of aromatic nitrogens is 1. The van der Waals surface area contributed by atoms with Crippen LogP contribution in [0.25, 0.3) is 10.9 Å². The molecule has 1 aromatic carbocycles. The van der Waals surface area contributed by atoms with E-state index in [9.17, 15) is 9.59 Å². The maximum Gasteiger partial charge on any atom is 0.337 e. The van der Waals surface area contributed by atoms with Crippen molar-refractivity contribution in [2.24, 2.45) is 5.92 Å². The Bertz CT molecular complexity index is 689. The normalized spacial score (nSPS) is 14.9. The van der Waals surface area contributed by atoms with E-state index >= 15 is 0 Å². The van der Waals surface area contributed by atoms with Crippen molar-refractivity contribution in [3.8, 4) is 0 Å². The van der Waals surface area contributed by atoms with Crippen molar-refractivity contribution < 1.29 is 19.4 Å². The van der Waals surface area contributed by atoms with Crippen LogP contribution in [-0.2, 0) is 9.53 Å². The molecular weight excluding hydrogens is 318 g/mol. The van der Waals surface area contributed by atoms with E-state index in [0.717, 1.165) is 23.7 Å². The number of rotatable bonds is 2. The van der Waals surface area contributed by atoms with Crippen LogP contribution in [0.3, 0.4) is 0 Å². The quantitative estimate of drug-likeness (QED) is 0.802. The number of carbonyl (C=O) groups is 2. The number of fused-ring (bicyclic) bond motifs is 1. The first kappa shape index (κ1) is 17.3. The molecule has 1 fully saturated rings. The molecule has 5 nitrogen and oxygen atoms in total. The average Bonchev–Trinajstić information content (AvgIpc) is 3.05. The Labute approximate surface area is 139 Å². The lowest BCUT2D eigenvalue weighted by atomic mass is 9.89. The van der Waals surface area contributed by atoms with E-state index in [1.807, 2.05) is 0 Å². The second-order valence-electron chi connectivity index (χ2n) is 5.53. The zero-order valence-corrected chi connectivity index (χ0v) is 13.7. The summed E-state index contributed by atoms with van der Waals surface area (Å²) in [4.78, 5) is 24.6. The minimum atomic E-state index is -1.01. The van der Waals surface area contributed by atoms with Gasteiger partial charge in [0.15, 0.2) is 0 Å². The first-order chi connectivity index (χ1) is 11.0. The number of benzene rings is 1. The van der Waals surface area contributed by atoms with Crippen LogP contribution in [0.15, 0.2) is 24.4 Å². The fraction of sp³-hybridized carbons (Fsp3) is 0.412. The van der Waals surface area contributed by atoms with E-state index in [1.54, 1.807) is 18.3 Å². The van der Waals surface area contributed by atoms with E-state index in [4.69, 9.17) is 16.7 Å². The highest BCUT2D eigenvalue weighted by Crippen LogP contribution is 2.26. The lowest BCUT2D eigenvalue weighted by Crippen LogP contribution is -2.18. The second kappa shape index (κ2) is 8.02. The molecule has 2 aromatic rings. The number of halogens is 1. The number of carbonyl (C=O) groups excluding carboxylic acids is 1. The highest BCUT2D eigenvalue weighted by atomic mass is 35.5. The number of carboxylic acid groups (broad SMARTS) is 1. The Morgan fingerprint density at radius 3 is 2.52 bits per heavy atom. The van der Waals surface area contributed by atoms with Gasteiger partial charge in [-0.25, -0.2) is 4.79 Å². The SMILES string of the molecule is COC(=O)C1CCCCC1.O=C(O)c1ccc2[nH]ccc2c1Cl. The van der Waals surface area contributed by atoms with E-state index in [0.29, 0.717) is 0 Å². The van der Waals surface area contributed by atoms with Gasteiger partial charge in [0.05, 0.1) is 23.6 Å². The molecule has 0 unspecified atom stereocenters. The van der Waals surface area contributed by atoms with E-state index in [-0.39, 0.29) is 22.5 Å². The van der Waals surface area contributed by atoms with Gasteiger partial charge in [-0.2, -0.15) is 0 Å². The number of aromatic amines is 1. The topological polar surface area (TPSA) is 79.4 Å². The summed E-state index contributed by atoms with van der Waals surface area (Å²) in [5, 5.41) is 9.79. The van der Waals surface area contributed by atoms with Gasteiger partial charge < -0.3 is 14.8 Å². The van der Waals surface area contributed by atoms with Crippen molar-refractivity contribution in [3.05, 3.63) is 35.0 Å². The highest BCUT2D eigenvalue weighted by Gasteiger charge is 2.20. The molecule has 1 aliphatic carbocycles. The Morgan fingerprint density at radius 1 is 1.22 bits per heavy atom. The molecule has 1 aromatic heterocycles. The molecule has 0 aliphatic heterocycles. The monoisotopic (exact) mass is 337 g/mol. The molecule has 6 heteroatoms. The number of carboxylic acids is 1. The molecule has 0 atom stereocenters. The van der Waals surface area contributed by atoms with Crippen LogP contribution in [0.2, 0.25) is 5.02 Å². The van der Waals surface area contributed by atoms with E-state index in [2.05, 4.69) is 9.72 Å². The minimum Gasteiger partial charge on any atom is -0.478 e. The van der Waals surface area contributed by atoms with Gasteiger partial charge in [-0.15, -0.1) is 0 Å². The van der Waals surface area contributed by atoms with Crippen LogP contribution in [0, 0.1) is 5.92 Å². The number of ether oxygens (including phenoxy) is 1. The molecule has 1 aliphatic rings. The standard InChI is InChI=1S/C9H6ClNO2.C8H14O2/c10-8-5-3-4-11-7(5)2-1-6(8)9(12)13;1-10-8(9)7-5-3-2-4-6-7/h1-4,11H,(H,12,13);7H,2-6H2,1H3.